The van der Waals surface area contributed by atoms with Gasteiger partial charge in [0.05, 0.1) is 36.5 Å². The SMILES string of the molecule is CC(Cl)OC(=O)Cl.CCCOc1cc(C(F)(F)F)ccc1OC1C[C@H]2CC[C@@H](C1)N2.CCCOc1cc(C(F)(F)F)ccc1OC1C[C@H]2CC[C@@H](C1)N2C.CCCOc1cc(C(F)(F)F)ccc1OC1C[C@H]2CC[C@@H](C1)N2C(=O)OC(C)Cl.Cl. The van der Waals surface area contributed by atoms with E-state index in [4.69, 9.17) is 68.0 Å². The topological polar surface area (TPSA) is 126 Å². The van der Waals surface area contributed by atoms with Crippen LogP contribution in [0.2, 0.25) is 0 Å². The van der Waals surface area contributed by atoms with E-state index in [0.717, 1.165) is 101 Å². The van der Waals surface area contributed by atoms with Crippen LogP contribution in [0, 0.1) is 0 Å². The van der Waals surface area contributed by atoms with Crippen molar-refractivity contribution in [2.45, 2.75) is 215 Å². The molecule has 11 atom stereocenters. The lowest BCUT2D eigenvalue weighted by molar-refractivity contribution is -0.138. The minimum absolute atomic E-state index is 0. The summed E-state index contributed by atoms with van der Waals surface area (Å²) in [7, 11) is 2.15. The standard InChI is InChI=1S/C20H25ClF3NO4.C18H24F3NO2.C17H22F3NO2.C3H4Cl2O2.ClH/c1-3-8-27-18-9-13(20(22,23)24)4-7-17(18)29-16-10-14-5-6-15(11-16)25(14)19(26)28-12(2)21;1-3-8-23-17-9-12(18(19,20)21)4-7-16(17)24-15-10-13-5-6-14(11-15)22(13)2;1-2-7-22-16-8-11(17(18,19)20)3-6-15(16)23-14-9-12-4-5-13(10-14)21-12;1-2(4)7-3(5)6;/h4,7,9,12,14-16H,3,5-6,8,10-11H2,1-2H3;4,7,9,13-15H,3,5-6,8,10-11H2,1-2H3;3,6,8,12-14,21H,2,4-5,7,9-10H2,1H3;2H,1H3;1H/t12?,14-,15+,16?;13-,14+,15?;12-,13+,14?;;. The van der Waals surface area contributed by atoms with Gasteiger partial charge < -0.3 is 53.0 Å². The van der Waals surface area contributed by atoms with E-state index in [1.54, 1.807) is 11.8 Å². The first-order chi connectivity index (χ1) is 39.1. The average Bonchev–Trinajstić information content (AvgIpc) is 2.46. The molecule has 26 heteroatoms. The Hall–Kier alpha value is -4.35. The molecule has 0 radical (unpaired) electrons. The van der Waals surface area contributed by atoms with Crippen LogP contribution >= 0.6 is 47.2 Å². The number of piperidine rings is 3. The highest BCUT2D eigenvalue weighted by molar-refractivity contribution is 6.61. The highest BCUT2D eigenvalue weighted by Crippen LogP contribution is 2.44. The van der Waals surface area contributed by atoms with Gasteiger partial charge in [-0.25, -0.2) is 9.59 Å². The maximum Gasteiger partial charge on any atom is 0.416 e. The predicted octanol–water partition coefficient (Wildman–Crippen LogP) is 16.6. The van der Waals surface area contributed by atoms with Gasteiger partial charge in [0.2, 0.25) is 0 Å². The molecule has 0 spiro atoms. The molecule has 0 saturated carbocycles. The second kappa shape index (κ2) is 32.0. The Morgan fingerprint density at radius 2 is 0.845 bits per heavy atom. The number of halogens is 13. The molecule has 6 fully saturated rings. The number of amides is 1. The second-order valence-corrected chi connectivity index (χ2v) is 23.0. The fraction of sp³-hybridized carbons (Fsp3) is 0.655. The Kier molecular flexibility index (Phi) is 26.9. The molecule has 6 saturated heterocycles. The third kappa shape index (κ3) is 20.9. The smallest absolute Gasteiger partial charge is 0.416 e. The third-order valence-electron chi connectivity index (χ3n) is 15.0. The van der Waals surface area contributed by atoms with Gasteiger partial charge in [0.25, 0.3) is 0 Å². The van der Waals surface area contributed by atoms with E-state index in [9.17, 15) is 49.1 Å². The van der Waals surface area contributed by atoms with Crippen molar-refractivity contribution in [1.29, 1.82) is 0 Å². The Bertz CT molecular complexity index is 2510. The van der Waals surface area contributed by atoms with Crippen molar-refractivity contribution in [3.05, 3.63) is 71.3 Å². The van der Waals surface area contributed by atoms with Crippen molar-refractivity contribution in [1.82, 2.24) is 15.1 Å². The largest absolute Gasteiger partial charge is 0.490 e. The Balaban J connectivity index is 0.000000218. The van der Waals surface area contributed by atoms with E-state index in [2.05, 4.69) is 22.0 Å². The first-order valence-electron chi connectivity index (χ1n) is 28.3. The van der Waals surface area contributed by atoms with Gasteiger partial charge >= 0.3 is 30.1 Å². The van der Waals surface area contributed by atoms with Crippen LogP contribution in [0.4, 0.5) is 49.1 Å². The molecule has 6 heterocycles. The van der Waals surface area contributed by atoms with Gasteiger partial charge in [0.1, 0.15) is 18.3 Å². The van der Waals surface area contributed by atoms with E-state index in [1.165, 1.54) is 38.0 Å². The molecule has 0 aliphatic carbocycles. The summed E-state index contributed by atoms with van der Waals surface area (Å²) in [5.41, 5.74) is -4.40. The van der Waals surface area contributed by atoms with Crippen molar-refractivity contribution in [2.75, 3.05) is 26.9 Å². The third-order valence-corrected chi connectivity index (χ3v) is 15.3. The summed E-state index contributed by atoms with van der Waals surface area (Å²) in [6.45, 7) is 9.83. The predicted molar refractivity (Wildman–Crippen MR) is 303 cm³/mol. The van der Waals surface area contributed by atoms with Gasteiger partial charge in [-0.05, 0) is 159 Å². The number of benzene rings is 3. The first kappa shape index (κ1) is 70.4. The summed E-state index contributed by atoms with van der Waals surface area (Å²) in [6, 6.07) is 12.2. The summed E-state index contributed by atoms with van der Waals surface area (Å²) in [6.07, 6.45) is -0.552. The van der Waals surface area contributed by atoms with Crippen LogP contribution in [0.25, 0.3) is 0 Å². The van der Waals surface area contributed by atoms with E-state index < -0.39 is 57.9 Å². The summed E-state index contributed by atoms with van der Waals surface area (Å²) >= 11 is 15.6. The van der Waals surface area contributed by atoms with Gasteiger partial charge in [0.15, 0.2) is 45.6 Å². The number of hydrogen-bond donors (Lipinski definition) is 1. The average molecular weight is 1290 g/mol. The van der Waals surface area contributed by atoms with Crippen molar-refractivity contribution in [2.24, 2.45) is 0 Å². The molecule has 0 aromatic heterocycles. The first-order valence-corrected chi connectivity index (χ1v) is 29.5. The fourth-order valence-corrected chi connectivity index (χ4v) is 11.6. The number of alkyl halides is 11. The second-order valence-electron chi connectivity index (χ2n) is 21.5. The van der Waals surface area contributed by atoms with Crippen molar-refractivity contribution in [3.63, 3.8) is 0 Å². The van der Waals surface area contributed by atoms with Gasteiger partial charge in [-0.1, -0.05) is 44.0 Å². The zero-order valence-corrected chi connectivity index (χ0v) is 50.8. The molecule has 3 aromatic carbocycles. The molecule has 13 nitrogen and oxygen atoms in total. The molecule has 9 rings (SSSR count). The number of ether oxygens (including phenoxy) is 8. The highest BCUT2D eigenvalue weighted by atomic mass is 35.5. The number of carbonyl (C=O) groups excluding carboxylic acids is 2. The molecule has 84 heavy (non-hydrogen) atoms. The van der Waals surface area contributed by atoms with Crippen molar-refractivity contribution in [3.8, 4) is 34.5 Å². The number of fused-ring (bicyclic) bond motifs is 6. The van der Waals surface area contributed by atoms with Crippen LogP contribution < -0.4 is 33.7 Å². The van der Waals surface area contributed by atoms with E-state index in [0.29, 0.717) is 80.5 Å². The minimum atomic E-state index is -4.45. The number of nitrogens with zero attached hydrogens (tertiary/aromatic N) is 2. The minimum Gasteiger partial charge on any atom is -0.490 e. The van der Waals surface area contributed by atoms with Crippen LogP contribution in [0.15, 0.2) is 54.6 Å². The van der Waals surface area contributed by atoms with Crippen LogP contribution in [-0.4, -0.2) is 114 Å². The maximum atomic E-state index is 13.0. The monoisotopic (exact) mass is 1290 g/mol. The zero-order valence-electron chi connectivity index (χ0n) is 47.7. The van der Waals surface area contributed by atoms with Crippen LogP contribution in [0.1, 0.15) is 148 Å². The summed E-state index contributed by atoms with van der Waals surface area (Å²) in [5.74, 6) is 1.60. The molecule has 1 N–H and O–H groups in total. The van der Waals surface area contributed by atoms with Crippen molar-refractivity contribution >= 4 is 58.7 Å². The molecule has 6 bridgehead atoms. The van der Waals surface area contributed by atoms with Crippen molar-refractivity contribution < 1.29 is 87.0 Å². The number of nitrogens with one attached hydrogen (secondary N) is 1. The van der Waals surface area contributed by atoms with Crippen LogP contribution in [0.5, 0.6) is 34.5 Å². The van der Waals surface area contributed by atoms with Gasteiger partial charge in [-0.3, -0.25) is 0 Å². The molecule has 5 unspecified atom stereocenters. The van der Waals surface area contributed by atoms with Gasteiger partial charge in [-0.2, -0.15) is 39.5 Å². The Labute approximate surface area is 506 Å². The number of rotatable bonds is 17. The Morgan fingerprint density at radius 3 is 1.14 bits per heavy atom. The van der Waals surface area contributed by atoms with E-state index in [1.807, 2.05) is 20.8 Å². The molecule has 474 valence electrons. The maximum absolute atomic E-state index is 13.0. The van der Waals surface area contributed by atoms with Crippen LogP contribution in [0.3, 0.4) is 0 Å². The molecule has 1 amide bonds. The zero-order chi connectivity index (χ0) is 60.8. The molecule has 6 aliphatic heterocycles. The molecular formula is C58H76Cl4F9N3O10. The lowest BCUT2D eigenvalue weighted by Gasteiger charge is -2.38. The van der Waals surface area contributed by atoms with E-state index >= 15 is 0 Å². The molecular weight excluding hydrogens is 1210 g/mol. The highest BCUT2D eigenvalue weighted by Gasteiger charge is 2.46. The summed E-state index contributed by atoms with van der Waals surface area (Å²) < 4.78 is 160. The van der Waals surface area contributed by atoms with E-state index in [-0.39, 0.29) is 60.1 Å². The lowest BCUT2D eigenvalue weighted by atomic mass is 10.00. The lowest BCUT2D eigenvalue weighted by Crippen LogP contribution is -2.49. The van der Waals surface area contributed by atoms with Gasteiger partial charge in [-0.15, -0.1) is 12.4 Å². The molecule has 6 aliphatic rings. The van der Waals surface area contributed by atoms with Crippen LogP contribution in [-0.2, 0) is 28.0 Å². The quantitative estimate of drug-likeness (QED) is 0.0785. The van der Waals surface area contributed by atoms with Gasteiger partial charge in [0, 0.05) is 60.7 Å². The summed E-state index contributed by atoms with van der Waals surface area (Å²) in [5, 5.41) is 3.52. The fourth-order valence-electron chi connectivity index (χ4n) is 11.3. The number of hydrogen-bond acceptors (Lipinski definition) is 12. The Morgan fingerprint density at radius 1 is 0.524 bits per heavy atom. The summed E-state index contributed by atoms with van der Waals surface area (Å²) in [4.78, 5) is 26.1. The normalized spacial score (nSPS) is 24.9. The number of carbonyl (C=O) groups is 2. The molecule has 3 aromatic rings.